The van der Waals surface area contributed by atoms with Gasteiger partial charge in [0, 0.05) is 39.3 Å². The van der Waals surface area contributed by atoms with Gasteiger partial charge in [-0.3, -0.25) is 0 Å². The lowest BCUT2D eigenvalue weighted by molar-refractivity contribution is 0.804. The third-order valence-electron chi connectivity index (χ3n) is 10.0. The summed E-state index contributed by atoms with van der Waals surface area (Å²) in [4.78, 5) is 0. The molecule has 2 aliphatic rings. The molecule has 2 aromatic heterocycles. The maximum atomic E-state index is 10.2. The molecule has 2 aliphatic carbocycles. The van der Waals surface area contributed by atoms with Crippen molar-refractivity contribution in [3.8, 4) is 51.8 Å². The van der Waals surface area contributed by atoms with Crippen LogP contribution in [0.4, 0.5) is 0 Å². The maximum Gasteiger partial charge on any atom is 0.0992 e. The Morgan fingerprint density at radius 2 is 1.64 bits per heavy atom. The average Bonchev–Trinajstić information content (AvgIpc) is 3.65. The fourth-order valence-corrected chi connectivity index (χ4v) is 7.80. The summed E-state index contributed by atoms with van der Waals surface area (Å²) in [6.45, 7) is 4.16. The number of nitriles is 3. The molecule has 0 aliphatic heterocycles. The van der Waals surface area contributed by atoms with Crippen molar-refractivity contribution in [3.05, 3.63) is 148 Å². The van der Waals surface area contributed by atoms with E-state index in [2.05, 4.69) is 119 Å². The summed E-state index contributed by atoms with van der Waals surface area (Å²) < 4.78 is 4.56. The Balaban J connectivity index is 1.30. The number of aromatic nitrogens is 2. The molecule has 0 saturated heterocycles. The Labute approximate surface area is 292 Å². The van der Waals surface area contributed by atoms with Gasteiger partial charge in [-0.1, -0.05) is 72.8 Å². The SMILES string of the molecule is C/C=C\c1c(C)n(-c2cc(C#N)cc(-c3cccc(-c4ccc(C#N)cc4-n4c5c(c6c4CCC=C6)CC(C#N)C=C5)c3)c2)c2ccccc12. The van der Waals surface area contributed by atoms with Crippen molar-refractivity contribution in [3.63, 3.8) is 0 Å². The molecule has 5 nitrogen and oxygen atoms in total. The van der Waals surface area contributed by atoms with E-state index in [1.54, 1.807) is 0 Å². The Morgan fingerprint density at radius 3 is 2.46 bits per heavy atom. The van der Waals surface area contributed by atoms with Crippen LogP contribution in [0.15, 0.2) is 103 Å². The van der Waals surface area contributed by atoms with E-state index < -0.39 is 0 Å². The lowest BCUT2D eigenvalue weighted by atomic mass is 9.90. The van der Waals surface area contributed by atoms with Gasteiger partial charge in [0.1, 0.15) is 0 Å². The van der Waals surface area contributed by atoms with Crippen molar-refractivity contribution in [2.75, 3.05) is 0 Å². The number of hydrogen-bond acceptors (Lipinski definition) is 3. The van der Waals surface area contributed by atoms with Crippen LogP contribution in [0.2, 0.25) is 0 Å². The Bertz CT molecular complexity index is 2580. The highest BCUT2D eigenvalue weighted by Gasteiger charge is 2.28. The summed E-state index contributed by atoms with van der Waals surface area (Å²) in [6.07, 6.45) is 15.2. The minimum Gasteiger partial charge on any atom is -0.313 e. The monoisotopic (exact) mass is 643 g/mol. The molecular weight excluding hydrogens is 611 g/mol. The van der Waals surface area contributed by atoms with E-state index >= 15 is 0 Å². The fraction of sp³-hybridized carbons (Fsp3) is 0.133. The molecule has 238 valence electrons. The molecule has 0 N–H and O–H groups in total. The van der Waals surface area contributed by atoms with Gasteiger partial charge in [0.2, 0.25) is 0 Å². The summed E-state index contributed by atoms with van der Waals surface area (Å²) >= 11 is 0. The first kappa shape index (κ1) is 30.7. The largest absolute Gasteiger partial charge is 0.313 e. The smallest absolute Gasteiger partial charge is 0.0992 e. The number of rotatable bonds is 5. The molecule has 0 radical (unpaired) electrons. The zero-order valence-corrected chi connectivity index (χ0v) is 28.0. The lowest BCUT2D eigenvalue weighted by Gasteiger charge is -2.20. The standard InChI is InChI=1S/C45H33N5/c1-3-9-37-29(2)49(42-14-6-4-12-39(37)42)36-21-32(28-48)20-35(25-36)33-10-8-11-34(24-33)38-18-16-31(27-47)23-45(38)50-43-15-7-5-13-40(43)41-22-30(26-46)17-19-44(41)50/h3-6,8-14,16-21,23-25,30H,7,15,22H2,1-2H3/b9-3-. The van der Waals surface area contributed by atoms with Crippen molar-refractivity contribution >= 4 is 29.1 Å². The van der Waals surface area contributed by atoms with Crippen LogP contribution in [0.25, 0.3) is 62.8 Å². The second kappa shape index (κ2) is 12.4. The van der Waals surface area contributed by atoms with E-state index in [1.165, 1.54) is 27.8 Å². The average molecular weight is 644 g/mol. The second-order valence-electron chi connectivity index (χ2n) is 13.0. The maximum absolute atomic E-state index is 10.2. The molecule has 4 aromatic carbocycles. The second-order valence-corrected chi connectivity index (χ2v) is 13.0. The molecule has 0 saturated carbocycles. The van der Waals surface area contributed by atoms with E-state index in [1.807, 2.05) is 43.3 Å². The third-order valence-corrected chi connectivity index (χ3v) is 10.0. The van der Waals surface area contributed by atoms with Crippen molar-refractivity contribution in [1.29, 1.82) is 15.8 Å². The van der Waals surface area contributed by atoms with Crippen LogP contribution in [-0.4, -0.2) is 9.13 Å². The van der Waals surface area contributed by atoms with Crippen molar-refractivity contribution in [2.45, 2.75) is 33.1 Å². The van der Waals surface area contributed by atoms with Crippen LogP contribution in [-0.2, 0) is 12.8 Å². The quantitative estimate of drug-likeness (QED) is 0.187. The number of hydrogen-bond donors (Lipinski definition) is 0. The van der Waals surface area contributed by atoms with Gasteiger partial charge in [0.15, 0.2) is 0 Å². The minimum atomic E-state index is -0.156. The third kappa shape index (κ3) is 4.98. The summed E-state index contributed by atoms with van der Waals surface area (Å²) in [5.41, 5.74) is 15.1. The molecule has 0 fully saturated rings. The molecule has 1 unspecified atom stereocenters. The van der Waals surface area contributed by atoms with Gasteiger partial charge in [-0.2, -0.15) is 15.8 Å². The predicted molar refractivity (Wildman–Crippen MR) is 202 cm³/mol. The molecule has 5 heteroatoms. The van der Waals surface area contributed by atoms with E-state index in [-0.39, 0.29) is 5.92 Å². The van der Waals surface area contributed by atoms with Gasteiger partial charge < -0.3 is 9.13 Å². The van der Waals surface area contributed by atoms with Crippen LogP contribution in [0.3, 0.4) is 0 Å². The van der Waals surface area contributed by atoms with Crippen molar-refractivity contribution < 1.29 is 0 Å². The summed E-state index contributed by atoms with van der Waals surface area (Å²) in [5, 5.41) is 31.1. The van der Waals surface area contributed by atoms with E-state index in [0.29, 0.717) is 17.5 Å². The van der Waals surface area contributed by atoms with Crippen molar-refractivity contribution in [1.82, 2.24) is 9.13 Å². The highest BCUT2D eigenvalue weighted by atomic mass is 15.0. The minimum absolute atomic E-state index is 0.156. The van der Waals surface area contributed by atoms with Gasteiger partial charge >= 0.3 is 0 Å². The van der Waals surface area contributed by atoms with E-state index in [9.17, 15) is 15.8 Å². The number of para-hydroxylation sites is 1. The molecule has 0 bridgehead atoms. The molecule has 8 rings (SSSR count). The number of fused-ring (bicyclic) bond motifs is 4. The number of benzene rings is 4. The zero-order valence-electron chi connectivity index (χ0n) is 28.0. The highest BCUT2D eigenvalue weighted by molar-refractivity contribution is 5.93. The highest BCUT2D eigenvalue weighted by Crippen LogP contribution is 2.41. The fourth-order valence-electron chi connectivity index (χ4n) is 7.80. The Morgan fingerprint density at radius 1 is 0.800 bits per heavy atom. The lowest BCUT2D eigenvalue weighted by Crippen LogP contribution is -2.09. The molecule has 1 atom stereocenters. The van der Waals surface area contributed by atoms with E-state index in [4.69, 9.17) is 0 Å². The summed E-state index contributed by atoms with van der Waals surface area (Å²) in [7, 11) is 0. The van der Waals surface area contributed by atoms with Gasteiger partial charge in [0.05, 0.1) is 46.5 Å². The first-order valence-corrected chi connectivity index (χ1v) is 17.0. The molecule has 6 aromatic rings. The summed E-state index contributed by atoms with van der Waals surface area (Å²) in [6, 6.07) is 36.0. The number of nitrogens with zero attached hydrogens (tertiary/aromatic N) is 5. The van der Waals surface area contributed by atoms with Crippen LogP contribution < -0.4 is 0 Å². The Kier molecular flexibility index (Phi) is 7.64. The molecular formula is C45H33N5. The molecule has 0 amide bonds. The van der Waals surface area contributed by atoms with Crippen LogP contribution in [0, 0.1) is 46.8 Å². The van der Waals surface area contributed by atoms with Gasteiger partial charge in [-0.15, -0.1) is 0 Å². The van der Waals surface area contributed by atoms with Crippen LogP contribution in [0.5, 0.6) is 0 Å². The van der Waals surface area contributed by atoms with E-state index in [0.717, 1.165) is 63.4 Å². The van der Waals surface area contributed by atoms with Gasteiger partial charge in [-0.25, -0.2) is 0 Å². The molecule has 50 heavy (non-hydrogen) atoms. The molecule has 0 spiro atoms. The van der Waals surface area contributed by atoms with Crippen LogP contribution in [0.1, 0.15) is 58.2 Å². The van der Waals surface area contributed by atoms with Crippen LogP contribution >= 0.6 is 0 Å². The van der Waals surface area contributed by atoms with Gasteiger partial charge in [0.25, 0.3) is 0 Å². The first-order valence-electron chi connectivity index (χ1n) is 17.0. The first-order chi connectivity index (χ1) is 24.5. The predicted octanol–water partition coefficient (Wildman–Crippen LogP) is 10.5. The Hall–Kier alpha value is -6.61. The van der Waals surface area contributed by atoms with Gasteiger partial charge in [-0.05, 0) is 109 Å². The molecule has 2 heterocycles. The summed E-state index contributed by atoms with van der Waals surface area (Å²) in [5.74, 6) is -0.156. The normalized spacial score (nSPS) is 14.7. The number of allylic oxidation sites excluding steroid dienone is 3. The van der Waals surface area contributed by atoms with Crippen molar-refractivity contribution in [2.24, 2.45) is 5.92 Å². The topological polar surface area (TPSA) is 81.2 Å². The zero-order chi connectivity index (χ0) is 34.4.